The SMILES string of the molecule is Cc1[nH]cnc1CN1CCC(NC(=O)OC(C)(C)C)CC1. The highest BCUT2D eigenvalue weighted by molar-refractivity contribution is 5.68. The van der Waals surface area contributed by atoms with E-state index in [-0.39, 0.29) is 12.1 Å². The van der Waals surface area contributed by atoms with E-state index in [4.69, 9.17) is 4.74 Å². The second-order valence-electron chi connectivity index (χ2n) is 6.67. The third-order valence-corrected chi connectivity index (χ3v) is 3.62. The normalized spacial score (nSPS) is 17.7. The van der Waals surface area contributed by atoms with Gasteiger partial charge in [0.25, 0.3) is 0 Å². The molecule has 1 aliphatic heterocycles. The van der Waals surface area contributed by atoms with E-state index < -0.39 is 5.60 Å². The van der Waals surface area contributed by atoms with Crippen LogP contribution in [0.4, 0.5) is 4.79 Å². The fourth-order valence-corrected chi connectivity index (χ4v) is 2.47. The first kappa shape index (κ1) is 15.8. The number of aromatic amines is 1. The average molecular weight is 294 g/mol. The first-order valence-electron chi connectivity index (χ1n) is 7.54. The standard InChI is InChI=1S/C15H26N4O2/c1-11-13(17-10-16-11)9-19-7-5-12(6-8-19)18-14(20)21-15(2,3)4/h10,12H,5-9H2,1-4H3,(H,16,17)(H,18,20). The molecule has 0 aromatic carbocycles. The number of amides is 1. The number of nitrogens with one attached hydrogen (secondary N) is 2. The molecule has 0 bridgehead atoms. The van der Waals surface area contributed by atoms with Gasteiger partial charge in [0.15, 0.2) is 0 Å². The predicted octanol–water partition coefficient (Wildman–Crippen LogP) is 2.21. The van der Waals surface area contributed by atoms with Crippen LogP contribution in [0.25, 0.3) is 0 Å². The lowest BCUT2D eigenvalue weighted by atomic mass is 10.1. The maximum absolute atomic E-state index is 11.7. The largest absolute Gasteiger partial charge is 0.444 e. The van der Waals surface area contributed by atoms with E-state index in [1.54, 1.807) is 6.33 Å². The number of hydrogen-bond donors (Lipinski definition) is 2. The molecule has 0 saturated carbocycles. The van der Waals surface area contributed by atoms with Crippen LogP contribution in [0, 0.1) is 6.92 Å². The van der Waals surface area contributed by atoms with E-state index in [0.29, 0.717) is 0 Å². The van der Waals surface area contributed by atoms with Crippen LogP contribution < -0.4 is 5.32 Å². The number of piperidine rings is 1. The topological polar surface area (TPSA) is 70.2 Å². The first-order chi connectivity index (χ1) is 9.83. The molecule has 2 heterocycles. The molecule has 0 atom stereocenters. The number of ether oxygens (including phenoxy) is 1. The molecule has 0 spiro atoms. The summed E-state index contributed by atoms with van der Waals surface area (Å²) in [6.45, 7) is 10.5. The van der Waals surface area contributed by atoms with Crippen molar-refractivity contribution in [2.75, 3.05) is 13.1 Å². The van der Waals surface area contributed by atoms with Gasteiger partial charge >= 0.3 is 6.09 Å². The average Bonchev–Trinajstić information content (AvgIpc) is 2.75. The van der Waals surface area contributed by atoms with E-state index in [2.05, 4.69) is 20.2 Å². The fraction of sp³-hybridized carbons (Fsp3) is 0.733. The summed E-state index contributed by atoms with van der Waals surface area (Å²) in [5, 5.41) is 2.96. The van der Waals surface area contributed by atoms with E-state index in [1.165, 1.54) is 0 Å². The highest BCUT2D eigenvalue weighted by atomic mass is 16.6. The third-order valence-electron chi connectivity index (χ3n) is 3.62. The summed E-state index contributed by atoms with van der Waals surface area (Å²) in [6, 6.07) is 0.205. The van der Waals surface area contributed by atoms with Crippen molar-refractivity contribution in [3.05, 3.63) is 17.7 Å². The van der Waals surface area contributed by atoms with Crippen LogP contribution in [0.5, 0.6) is 0 Å². The Hall–Kier alpha value is -1.56. The van der Waals surface area contributed by atoms with E-state index in [9.17, 15) is 4.79 Å². The maximum atomic E-state index is 11.7. The molecule has 1 aromatic rings. The first-order valence-corrected chi connectivity index (χ1v) is 7.54. The highest BCUT2D eigenvalue weighted by Crippen LogP contribution is 2.15. The molecular formula is C15H26N4O2. The van der Waals surface area contributed by atoms with Gasteiger partial charge in [-0.2, -0.15) is 0 Å². The van der Waals surface area contributed by atoms with Gasteiger partial charge in [-0.3, -0.25) is 4.90 Å². The number of imidazole rings is 1. The Kier molecular flexibility index (Phi) is 4.88. The number of aryl methyl sites for hydroxylation is 1. The molecule has 1 saturated heterocycles. The van der Waals surface area contributed by atoms with Gasteiger partial charge in [0.05, 0.1) is 12.0 Å². The summed E-state index contributed by atoms with van der Waals surface area (Å²) in [4.78, 5) is 21.6. The molecule has 118 valence electrons. The van der Waals surface area contributed by atoms with Crippen molar-refractivity contribution in [3.8, 4) is 0 Å². The van der Waals surface area contributed by atoms with Gasteiger partial charge in [0.2, 0.25) is 0 Å². The van der Waals surface area contributed by atoms with Crippen molar-refractivity contribution in [2.45, 2.75) is 58.7 Å². The number of nitrogens with zero attached hydrogens (tertiary/aromatic N) is 2. The minimum Gasteiger partial charge on any atom is -0.444 e. The summed E-state index contributed by atoms with van der Waals surface area (Å²) in [7, 11) is 0. The molecular weight excluding hydrogens is 268 g/mol. The van der Waals surface area contributed by atoms with Crippen molar-refractivity contribution in [2.24, 2.45) is 0 Å². The van der Waals surface area contributed by atoms with Gasteiger partial charge in [0.1, 0.15) is 5.60 Å². The smallest absolute Gasteiger partial charge is 0.407 e. The number of hydrogen-bond acceptors (Lipinski definition) is 4. The van der Waals surface area contributed by atoms with E-state index in [0.717, 1.165) is 43.9 Å². The number of carbonyl (C=O) groups excluding carboxylic acids is 1. The van der Waals surface area contributed by atoms with Crippen molar-refractivity contribution in [3.63, 3.8) is 0 Å². The zero-order valence-electron chi connectivity index (χ0n) is 13.4. The number of alkyl carbamates (subject to hydrolysis) is 1. The summed E-state index contributed by atoms with van der Waals surface area (Å²) in [6.07, 6.45) is 3.32. The lowest BCUT2D eigenvalue weighted by molar-refractivity contribution is 0.0477. The lowest BCUT2D eigenvalue weighted by Crippen LogP contribution is -2.45. The number of carbonyl (C=O) groups is 1. The molecule has 21 heavy (non-hydrogen) atoms. The van der Waals surface area contributed by atoms with Gasteiger partial charge in [-0.1, -0.05) is 0 Å². The Morgan fingerprint density at radius 3 is 2.67 bits per heavy atom. The summed E-state index contributed by atoms with van der Waals surface area (Å²) in [5.41, 5.74) is 1.79. The van der Waals surface area contributed by atoms with Gasteiger partial charge in [-0.15, -0.1) is 0 Å². The van der Waals surface area contributed by atoms with Crippen molar-refractivity contribution in [1.82, 2.24) is 20.2 Å². The third kappa shape index (κ3) is 5.04. The van der Waals surface area contributed by atoms with E-state index >= 15 is 0 Å². The van der Waals surface area contributed by atoms with Gasteiger partial charge in [-0.05, 0) is 40.5 Å². The Morgan fingerprint density at radius 2 is 2.14 bits per heavy atom. The van der Waals surface area contributed by atoms with Gasteiger partial charge < -0.3 is 15.0 Å². The number of H-pyrrole nitrogens is 1. The molecule has 1 aromatic heterocycles. The van der Waals surface area contributed by atoms with E-state index in [1.807, 2.05) is 27.7 Å². The molecule has 2 rings (SSSR count). The zero-order chi connectivity index (χ0) is 15.5. The Balaban J connectivity index is 1.73. The Bertz CT molecular complexity index is 470. The Labute approximate surface area is 126 Å². The predicted molar refractivity (Wildman–Crippen MR) is 81.0 cm³/mol. The number of rotatable bonds is 3. The highest BCUT2D eigenvalue weighted by Gasteiger charge is 2.24. The minimum absolute atomic E-state index is 0.205. The van der Waals surface area contributed by atoms with Crippen LogP contribution in [0.1, 0.15) is 45.0 Å². The van der Waals surface area contributed by atoms with Crippen LogP contribution in [-0.2, 0) is 11.3 Å². The molecule has 1 amide bonds. The molecule has 0 radical (unpaired) electrons. The van der Waals surface area contributed by atoms with Crippen molar-refractivity contribution in [1.29, 1.82) is 0 Å². The molecule has 1 fully saturated rings. The van der Waals surface area contributed by atoms with Gasteiger partial charge in [0, 0.05) is 31.4 Å². The molecule has 2 N–H and O–H groups in total. The monoisotopic (exact) mass is 294 g/mol. The second-order valence-corrected chi connectivity index (χ2v) is 6.67. The van der Waals surface area contributed by atoms with Crippen molar-refractivity contribution >= 4 is 6.09 Å². The Morgan fingerprint density at radius 1 is 1.48 bits per heavy atom. The summed E-state index contributed by atoms with van der Waals surface area (Å²) in [5.74, 6) is 0. The van der Waals surface area contributed by atoms with Gasteiger partial charge in [-0.25, -0.2) is 9.78 Å². The van der Waals surface area contributed by atoms with Crippen LogP contribution in [-0.4, -0.2) is 45.7 Å². The minimum atomic E-state index is -0.442. The van der Waals surface area contributed by atoms with Crippen molar-refractivity contribution < 1.29 is 9.53 Å². The molecule has 6 nitrogen and oxygen atoms in total. The van der Waals surface area contributed by atoms with Crippen LogP contribution in [0.2, 0.25) is 0 Å². The maximum Gasteiger partial charge on any atom is 0.407 e. The molecule has 6 heteroatoms. The zero-order valence-corrected chi connectivity index (χ0v) is 13.4. The molecule has 0 aliphatic carbocycles. The number of likely N-dealkylation sites (tertiary alicyclic amines) is 1. The molecule has 1 aliphatic rings. The second kappa shape index (κ2) is 6.47. The summed E-state index contributed by atoms with van der Waals surface area (Å²) < 4.78 is 5.29. The quantitative estimate of drug-likeness (QED) is 0.896. The van der Waals surface area contributed by atoms with Crippen LogP contribution in [0.3, 0.4) is 0 Å². The van der Waals surface area contributed by atoms with Crippen LogP contribution in [0.15, 0.2) is 6.33 Å². The van der Waals surface area contributed by atoms with Crippen LogP contribution >= 0.6 is 0 Å². The summed E-state index contributed by atoms with van der Waals surface area (Å²) >= 11 is 0. The fourth-order valence-electron chi connectivity index (χ4n) is 2.47. The lowest BCUT2D eigenvalue weighted by Gasteiger charge is -2.32. The molecule has 0 unspecified atom stereocenters. The number of aromatic nitrogens is 2.